The Morgan fingerprint density at radius 3 is 2.16 bits per heavy atom. The molecular weight excluding hydrogens is 646 g/mol. The zero-order chi connectivity index (χ0) is 36.6. The summed E-state index contributed by atoms with van der Waals surface area (Å²) in [5.74, 6) is 2.03. The first-order valence-corrected chi connectivity index (χ1v) is 20.7. The highest BCUT2D eigenvalue weighted by molar-refractivity contribution is 7.80. The predicted octanol–water partition coefficient (Wildman–Crippen LogP) is 5.01. The maximum atomic E-state index is 11.8. The molecule has 288 valence electrons. The number of hydrogen-bond acceptors (Lipinski definition) is 9. The zero-order valence-electron chi connectivity index (χ0n) is 31.3. The highest BCUT2D eigenvalue weighted by Crippen LogP contribution is 2.68. The van der Waals surface area contributed by atoms with E-state index in [-0.39, 0.29) is 17.4 Å². The summed E-state index contributed by atoms with van der Waals surface area (Å²) in [6, 6.07) is 0.573. The molecule has 0 aromatic carbocycles. The molecular formula is C37H71N3O8S. The first kappa shape index (κ1) is 42.6. The molecule has 8 N–H and O–H groups in total. The van der Waals surface area contributed by atoms with E-state index >= 15 is 0 Å². The molecule has 0 aliphatic heterocycles. The molecule has 0 bridgehead atoms. The average Bonchev–Trinajstić information content (AvgIpc) is 3.37. The topological polar surface area (TPSA) is 191 Å². The van der Waals surface area contributed by atoms with Gasteiger partial charge in [-0.3, -0.25) is 4.55 Å². The maximum Gasteiger partial charge on any atom is 0.397 e. The number of rotatable bonds is 17. The number of aliphatic carboxylic acids is 1. The summed E-state index contributed by atoms with van der Waals surface area (Å²) in [7, 11) is -4.45. The van der Waals surface area contributed by atoms with Gasteiger partial charge in [0.15, 0.2) is 0 Å². The van der Waals surface area contributed by atoms with E-state index in [4.69, 9.17) is 20.1 Å². The third-order valence-electron chi connectivity index (χ3n) is 13.5. The lowest BCUT2D eigenvalue weighted by atomic mass is 9.43. The summed E-state index contributed by atoms with van der Waals surface area (Å²) >= 11 is 0. The molecule has 4 aliphatic rings. The van der Waals surface area contributed by atoms with Gasteiger partial charge in [-0.1, -0.05) is 34.6 Å². The molecule has 4 aliphatic carbocycles. The number of aliphatic hydroxyl groups excluding tert-OH is 2. The number of fused-ring (bicyclic) bond motifs is 5. The number of unbranched alkanes of at least 4 members (excludes halogenated alkanes) is 1. The number of aliphatic hydroxyl groups is 2. The van der Waals surface area contributed by atoms with E-state index < -0.39 is 28.6 Å². The molecule has 12 unspecified atom stereocenters. The molecule has 4 fully saturated rings. The Labute approximate surface area is 297 Å². The van der Waals surface area contributed by atoms with Gasteiger partial charge < -0.3 is 31.7 Å². The van der Waals surface area contributed by atoms with Crippen LogP contribution in [-0.4, -0.2) is 84.8 Å². The molecule has 0 radical (unpaired) electrons. The van der Waals surface area contributed by atoms with Crippen molar-refractivity contribution in [2.24, 2.45) is 58.0 Å². The van der Waals surface area contributed by atoms with Crippen LogP contribution in [0.1, 0.15) is 125 Å². The summed E-state index contributed by atoms with van der Waals surface area (Å²) < 4.78 is 37.1. The fourth-order valence-corrected chi connectivity index (χ4v) is 11.3. The van der Waals surface area contributed by atoms with Crippen LogP contribution < -0.4 is 16.4 Å². The van der Waals surface area contributed by atoms with Crippen molar-refractivity contribution in [3.05, 3.63) is 0 Å². The standard InChI is InChI=1S/C34H65N3O5S.C3H6O3/c1-23(2)31(42-43(39,40)41)12-9-24(3)27-10-11-28-32-29(14-16-34(27,28)5)33(4)15-13-26(21-25(33)22-30(32)38)37-20-8-19-36-18-7-6-17-35;1-2(4)3(5)6/h23-32,36-38H,6-22,35H2,1-5H3,(H,39,40,41);2,4H,1H3,(H,5,6). The van der Waals surface area contributed by atoms with Crippen LogP contribution in [0, 0.1) is 52.3 Å². The number of carbonyl (C=O) groups is 1. The number of nitrogens with two attached hydrogens (primary N) is 1. The van der Waals surface area contributed by atoms with Gasteiger partial charge in [0, 0.05) is 6.04 Å². The van der Waals surface area contributed by atoms with Gasteiger partial charge >= 0.3 is 16.4 Å². The number of hydrogen-bond donors (Lipinski definition) is 7. The molecule has 4 rings (SSSR count). The number of carboxylic acid groups (broad SMARTS) is 1. The van der Waals surface area contributed by atoms with Crippen LogP contribution in [0.4, 0.5) is 0 Å². The summed E-state index contributed by atoms with van der Waals surface area (Å²) in [6.07, 6.45) is 12.5. The second-order valence-electron chi connectivity index (χ2n) is 16.9. The molecule has 11 nitrogen and oxygen atoms in total. The van der Waals surface area contributed by atoms with E-state index in [0.717, 1.165) is 58.3 Å². The molecule has 0 amide bonds. The molecule has 0 heterocycles. The molecule has 0 spiro atoms. The minimum absolute atomic E-state index is 0.0152. The van der Waals surface area contributed by atoms with Crippen LogP contribution >= 0.6 is 0 Å². The van der Waals surface area contributed by atoms with Crippen LogP contribution in [0.2, 0.25) is 0 Å². The average molecular weight is 718 g/mol. The third kappa shape index (κ3) is 11.3. The quantitative estimate of drug-likeness (QED) is 0.0791. The minimum atomic E-state index is -4.45. The molecule has 0 saturated heterocycles. The van der Waals surface area contributed by atoms with Crippen molar-refractivity contribution in [3.8, 4) is 0 Å². The van der Waals surface area contributed by atoms with Gasteiger partial charge in [-0.15, -0.1) is 0 Å². The lowest BCUT2D eigenvalue weighted by molar-refractivity contribution is -0.167. The van der Waals surface area contributed by atoms with Gasteiger partial charge in [-0.2, -0.15) is 8.42 Å². The van der Waals surface area contributed by atoms with Crippen LogP contribution in [0.25, 0.3) is 0 Å². The van der Waals surface area contributed by atoms with Gasteiger partial charge in [-0.25, -0.2) is 8.98 Å². The van der Waals surface area contributed by atoms with Crippen molar-refractivity contribution in [3.63, 3.8) is 0 Å². The van der Waals surface area contributed by atoms with Gasteiger partial charge in [0.25, 0.3) is 0 Å². The largest absolute Gasteiger partial charge is 0.479 e. The van der Waals surface area contributed by atoms with Gasteiger partial charge in [-0.05, 0) is 169 Å². The lowest BCUT2D eigenvalue weighted by Gasteiger charge is -2.62. The predicted molar refractivity (Wildman–Crippen MR) is 193 cm³/mol. The van der Waals surface area contributed by atoms with Crippen molar-refractivity contribution in [2.45, 2.75) is 149 Å². The fraction of sp³-hybridized carbons (Fsp3) is 0.973. The fourth-order valence-electron chi connectivity index (χ4n) is 10.7. The molecule has 0 aromatic rings. The maximum absolute atomic E-state index is 11.8. The Morgan fingerprint density at radius 2 is 1.55 bits per heavy atom. The summed E-state index contributed by atoms with van der Waals surface area (Å²) in [5.41, 5.74) is 6.13. The monoisotopic (exact) mass is 717 g/mol. The molecule has 0 aromatic heterocycles. The first-order valence-electron chi connectivity index (χ1n) is 19.3. The Morgan fingerprint density at radius 1 is 0.918 bits per heavy atom. The molecule has 12 heteroatoms. The van der Waals surface area contributed by atoms with Crippen molar-refractivity contribution in [1.29, 1.82) is 0 Å². The van der Waals surface area contributed by atoms with Gasteiger partial charge in [0.05, 0.1) is 12.2 Å². The second-order valence-corrected chi connectivity index (χ2v) is 18.0. The normalized spacial score (nSPS) is 36.1. The van der Waals surface area contributed by atoms with Gasteiger partial charge in [0.2, 0.25) is 0 Å². The van der Waals surface area contributed by atoms with Crippen LogP contribution in [0.3, 0.4) is 0 Å². The Kier molecular flexibility index (Phi) is 16.3. The Bertz CT molecular complexity index is 1120. The van der Waals surface area contributed by atoms with Crippen LogP contribution in [-0.2, 0) is 19.4 Å². The summed E-state index contributed by atoms with van der Waals surface area (Å²) in [5, 5.41) is 34.9. The van der Waals surface area contributed by atoms with E-state index in [1.807, 2.05) is 13.8 Å². The van der Waals surface area contributed by atoms with Crippen molar-refractivity contribution in [2.75, 3.05) is 26.2 Å². The van der Waals surface area contributed by atoms with E-state index in [9.17, 15) is 22.9 Å². The smallest absolute Gasteiger partial charge is 0.397 e. The lowest BCUT2D eigenvalue weighted by Crippen LogP contribution is -2.59. The summed E-state index contributed by atoms with van der Waals surface area (Å²) in [4.78, 5) is 9.45. The number of nitrogens with one attached hydrogen (secondary N) is 2. The van der Waals surface area contributed by atoms with E-state index in [0.29, 0.717) is 53.4 Å². The number of carboxylic acids is 1. The first-order chi connectivity index (χ1) is 22.9. The van der Waals surface area contributed by atoms with Crippen LogP contribution in [0.15, 0.2) is 0 Å². The molecule has 49 heavy (non-hydrogen) atoms. The zero-order valence-corrected chi connectivity index (χ0v) is 32.1. The van der Waals surface area contributed by atoms with E-state index in [1.165, 1.54) is 51.9 Å². The van der Waals surface area contributed by atoms with Crippen molar-refractivity contribution in [1.82, 2.24) is 10.6 Å². The molecule has 12 atom stereocenters. The van der Waals surface area contributed by atoms with E-state index in [2.05, 4.69) is 31.4 Å². The molecule has 4 saturated carbocycles. The second kappa shape index (κ2) is 18.8. The van der Waals surface area contributed by atoms with Crippen LogP contribution in [0.5, 0.6) is 0 Å². The van der Waals surface area contributed by atoms with Crippen molar-refractivity contribution >= 4 is 16.4 Å². The van der Waals surface area contributed by atoms with Crippen molar-refractivity contribution < 1.29 is 37.3 Å². The Balaban J connectivity index is 0.000000992. The Hall–Kier alpha value is -0.860. The third-order valence-corrected chi connectivity index (χ3v) is 14.0. The highest BCUT2D eigenvalue weighted by Gasteiger charge is 2.62. The minimum Gasteiger partial charge on any atom is -0.479 e. The SMILES string of the molecule is CC(C)C(CCC(C)C1CCC2C3C(O)CC4CC(NCCCNCCCCN)CCC4(C)C3CCC12C)OS(=O)(=O)O.CC(O)C(=O)O. The summed E-state index contributed by atoms with van der Waals surface area (Å²) in [6.45, 7) is 16.5. The highest BCUT2D eigenvalue weighted by atomic mass is 32.3. The van der Waals surface area contributed by atoms with Gasteiger partial charge in [0.1, 0.15) is 6.10 Å². The van der Waals surface area contributed by atoms with E-state index in [1.54, 1.807) is 0 Å².